The summed E-state index contributed by atoms with van der Waals surface area (Å²) in [5.41, 5.74) is 1.58. The van der Waals surface area contributed by atoms with Crippen LogP contribution in [0.15, 0.2) is 52.9 Å². The molecule has 2 heterocycles. The molecule has 1 fully saturated rings. The number of rotatable bonds is 8. The zero-order valence-corrected chi connectivity index (χ0v) is 17.9. The number of hydrogen-bond acceptors (Lipinski definition) is 7. The van der Waals surface area contributed by atoms with Crippen molar-refractivity contribution >= 4 is 23.5 Å². The van der Waals surface area contributed by atoms with Gasteiger partial charge in [-0.3, -0.25) is 14.9 Å². The van der Waals surface area contributed by atoms with Crippen LogP contribution in [0.1, 0.15) is 30.7 Å². The summed E-state index contributed by atoms with van der Waals surface area (Å²) < 4.78 is 16.2. The average molecular weight is 436 g/mol. The van der Waals surface area contributed by atoms with Crippen molar-refractivity contribution in [3.8, 4) is 11.5 Å². The van der Waals surface area contributed by atoms with Crippen LogP contribution in [0.5, 0.6) is 11.5 Å². The fourth-order valence-corrected chi connectivity index (χ4v) is 3.59. The third kappa shape index (κ3) is 4.88. The lowest BCUT2D eigenvalue weighted by atomic mass is 10.1. The van der Waals surface area contributed by atoms with Gasteiger partial charge >= 0.3 is 6.01 Å². The Morgan fingerprint density at radius 2 is 2.00 bits per heavy atom. The van der Waals surface area contributed by atoms with Crippen LogP contribution in [0.4, 0.5) is 11.7 Å². The number of benzene rings is 2. The van der Waals surface area contributed by atoms with Gasteiger partial charge in [-0.05, 0) is 48.9 Å². The molecule has 0 spiro atoms. The SMILES string of the molecule is CCOc1ccc(N2C[C@@H](c3nnc(NC(=O)Cc4cccc(OC)c4)o3)CC2=O)cc1. The number of nitrogens with zero attached hydrogens (tertiary/aromatic N) is 3. The lowest BCUT2D eigenvalue weighted by molar-refractivity contribution is -0.117. The van der Waals surface area contributed by atoms with Crippen LogP contribution in [-0.4, -0.2) is 42.3 Å². The molecule has 32 heavy (non-hydrogen) atoms. The molecule has 0 radical (unpaired) electrons. The maximum atomic E-state index is 12.5. The number of aromatic nitrogens is 2. The molecule has 3 aromatic rings. The van der Waals surface area contributed by atoms with Crippen molar-refractivity contribution in [2.24, 2.45) is 0 Å². The van der Waals surface area contributed by atoms with E-state index in [2.05, 4.69) is 15.5 Å². The minimum atomic E-state index is -0.285. The number of methoxy groups -OCH3 is 1. The Morgan fingerprint density at radius 1 is 1.19 bits per heavy atom. The van der Waals surface area contributed by atoms with Gasteiger partial charge in [0, 0.05) is 18.7 Å². The summed E-state index contributed by atoms with van der Waals surface area (Å²) in [5.74, 6) is 1.20. The van der Waals surface area contributed by atoms with Crippen molar-refractivity contribution < 1.29 is 23.5 Å². The van der Waals surface area contributed by atoms with Crippen LogP contribution in [-0.2, 0) is 16.0 Å². The van der Waals surface area contributed by atoms with Crippen LogP contribution < -0.4 is 19.7 Å². The van der Waals surface area contributed by atoms with E-state index in [0.717, 1.165) is 17.0 Å². The van der Waals surface area contributed by atoms with Crippen LogP contribution in [0.25, 0.3) is 0 Å². The van der Waals surface area contributed by atoms with Crippen LogP contribution in [0.3, 0.4) is 0 Å². The second-order valence-corrected chi connectivity index (χ2v) is 7.35. The van der Waals surface area contributed by atoms with Gasteiger partial charge in [0.25, 0.3) is 0 Å². The summed E-state index contributed by atoms with van der Waals surface area (Å²) in [6.45, 7) is 2.92. The summed E-state index contributed by atoms with van der Waals surface area (Å²) in [6.07, 6.45) is 0.398. The molecule has 2 aromatic carbocycles. The van der Waals surface area contributed by atoms with Crippen molar-refractivity contribution in [2.45, 2.75) is 25.7 Å². The minimum Gasteiger partial charge on any atom is -0.497 e. The van der Waals surface area contributed by atoms with Crippen LogP contribution >= 0.6 is 0 Å². The molecule has 1 aliphatic rings. The Labute approximate surface area is 185 Å². The van der Waals surface area contributed by atoms with Gasteiger partial charge in [-0.15, -0.1) is 5.10 Å². The Kier molecular flexibility index (Phi) is 6.34. The first-order chi connectivity index (χ1) is 15.6. The predicted molar refractivity (Wildman–Crippen MR) is 117 cm³/mol. The van der Waals surface area contributed by atoms with E-state index in [-0.39, 0.29) is 36.6 Å². The Hall–Kier alpha value is -3.88. The molecule has 2 amide bonds. The number of carbonyl (C=O) groups excluding carboxylic acids is 2. The highest BCUT2D eigenvalue weighted by Gasteiger charge is 2.35. The van der Waals surface area contributed by atoms with E-state index in [1.165, 1.54) is 0 Å². The smallest absolute Gasteiger partial charge is 0.322 e. The molecule has 0 saturated carbocycles. The molecule has 1 N–H and O–H groups in total. The van der Waals surface area contributed by atoms with Crippen molar-refractivity contribution in [2.75, 3.05) is 30.5 Å². The lowest BCUT2D eigenvalue weighted by Crippen LogP contribution is -2.24. The van der Waals surface area contributed by atoms with Crippen molar-refractivity contribution in [3.05, 3.63) is 60.0 Å². The Morgan fingerprint density at radius 3 is 2.75 bits per heavy atom. The average Bonchev–Trinajstić information content (AvgIpc) is 3.41. The highest BCUT2D eigenvalue weighted by atomic mass is 16.5. The maximum Gasteiger partial charge on any atom is 0.322 e. The normalized spacial score (nSPS) is 15.6. The number of hydrogen-bond donors (Lipinski definition) is 1. The fourth-order valence-electron chi connectivity index (χ4n) is 3.59. The monoisotopic (exact) mass is 436 g/mol. The van der Waals surface area contributed by atoms with E-state index in [9.17, 15) is 9.59 Å². The third-order valence-corrected chi connectivity index (χ3v) is 5.12. The van der Waals surface area contributed by atoms with E-state index in [1.54, 1.807) is 18.1 Å². The summed E-state index contributed by atoms with van der Waals surface area (Å²) in [7, 11) is 1.57. The standard InChI is InChI=1S/C23H24N4O5/c1-3-31-18-9-7-17(8-10-18)27-14-16(13-21(27)29)22-25-26-23(32-22)24-20(28)12-15-5-4-6-19(11-15)30-2/h4-11,16H,3,12-14H2,1-2H3,(H,24,26,28)/t16-/m0/s1. The van der Waals surface area contributed by atoms with Gasteiger partial charge in [0.1, 0.15) is 11.5 Å². The Balaban J connectivity index is 1.37. The molecule has 1 aliphatic heterocycles. The summed E-state index contributed by atoms with van der Waals surface area (Å²) in [4.78, 5) is 26.5. The summed E-state index contributed by atoms with van der Waals surface area (Å²) in [5, 5.41) is 10.6. The van der Waals surface area contributed by atoms with E-state index in [4.69, 9.17) is 13.9 Å². The fraction of sp³-hybridized carbons (Fsp3) is 0.304. The minimum absolute atomic E-state index is 0.0138. The summed E-state index contributed by atoms with van der Waals surface area (Å²) >= 11 is 0. The Bertz CT molecular complexity index is 1100. The molecule has 9 heteroatoms. The van der Waals surface area contributed by atoms with Gasteiger partial charge in [0.05, 0.1) is 26.1 Å². The molecule has 1 saturated heterocycles. The molecule has 4 rings (SSSR count). The van der Waals surface area contributed by atoms with Crippen LogP contribution in [0, 0.1) is 0 Å². The number of anilines is 2. The molecule has 1 atom stereocenters. The zero-order chi connectivity index (χ0) is 22.5. The first-order valence-electron chi connectivity index (χ1n) is 10.3. The van der Waals surface area contributed by atoms with E-state index in [1.807, 2.05) is 49.4 Å². The quantitative estimate of drug-likeness (QED) is 0.578. The van der Waals surface area contributed by atoms with Gasteiger partial charge in [0.2, 0.25) is 17.7 Å². The van der Waals surface area contributed by atoms with Crippen molar-refractivity contribution in [1.29, 1.82) is 0 Å². The maximum absolute atomic E-state index is 12.5. The first kappa shape index (κ1) is 21.4. The van der Waals surface area contributed by atoms with Crippen molar-refractivity contribution in [3.63, 3.8) is 0 Å². The van der Waals surface area contributed by atoms with E-state index in [0.29, 0.717) is 24.8 Å². The lowest BCUT2D eigenvalue weighted by Gasteiger charge is -2.16. The topological polar surface area (TPSA) is 107 Å². The van der Waals surface area contributed by atoms with E-state index >= 15 is 0 Å². The van der Waals surface area contributed by atoms with Gasteiger partial charge in [-0.1, -0.05) is 17.2 Å². The second-order valence-electron chi connectivity index (χ2n) is 7.35. The zero-order valence-electron chi connectivity index (χ0n) is 17.9. The largest absolute Gasteiger partial charge is 0.497 e. The van der Waals surface area contributed by atoms with E-state index < -0.39 is 0 Å². The first-order valence-corrected chi connectivity index (χ1v) is 10.3. The number of ether oxygens (including phenoxy) is 2. The van der Waals surface area contributed by atoms with Gasteiger partial charge in [-0.25, -0.2) is 0 Å². The number of amides is 2. The second kappa shape index (κ2) is 9.51. The highest BCUT2D eigenvalue weighted by molar-refractivity contribution is 5.96. The van der Waals surface area contributed by atoms with Crippen molar-refractivity contribution in [1.82, 2.24) is 10.2 Å². The van der Waals surface area contributed by atoms with Gasteiger partial charge < -0.3 is 18.8 Å². The van der Waals surface area contributed by atoms with Crippen LogP contribution in [0.2, 0.25) is 0 Å². The highest BCUT2D eigenvalue weighted by Crippen LogP contribution is 2.32. The number of nitrogens with one attached hydrogen (secondary N) is 1. The molecular formula is C23H24N4O5. The molecule has 0 bridgehead atoms. The summed E-state index contributed by atoms with van der Waals surface area (Å²) in [6, 6.07) is 14.6. The molecule has 9 nitrogen and oxygen atoms in total. The van der Waals surface area contributed by atoms with Gasteiger partial charge in [0.15, 0.2) is 0 Å². The molecule has 1 aromatic heterocycles. The number of carbonyl (C=O) groups is 2. The predicted octanol–water partition coefficient (Wildman–Crippen LogP) is 3.18. The molecule has 0 unspecified atom stereocenters. The molecule has 166 valence electrons. The van der Waals surface area contributed by atoms with Gasteiger partial charge in [-0.2, -0.15) is 0 Å². The molecule has 0 aliphatic carbocycles. The third-order valence-electron chi connectivity index (χ3n) is 5.12. The molecular weight excluding hydrogens is 412 g/mol.